The molecule has 1 aromatic carbocycles. The molecule has 6 nitrogen and oxygen atoms in total. The summed E-state index contributed by atoms with van der Waals surface area (Å²) in [5.41, 5.74) is 5.80. The van der Waals surface area contributed by atoms with Gasteiger partial charge in [-0.1, -0.05) is 0 Å². The summed E-state index contributed by atoms with van der Waals surface area (Å²) in [6.45, 7) is 1.80. The monoisotopic (exact) mass is 306 g/mol. The van der Waals surface area contributed by atoms with Crippen molar-refractivity contribution in [3.8, 4) is 5.75 Å². The molecule has 0 saturated carbocycles. The number of nitrogens with one attached hydrogen (secondary N) is 1. The van der Waals surface area contributed by atoms with Gasteiger partial charge in [-0.15, -0.1) is 0 Å². The maximum absolute atomic E-state index is 12.0. The number of nitrogens with two attached hydrogens (primary N) is 1. The van der Waals surface area contributed by atoms with Gasteiger partial charge < -0.3 is 10.5 Å². The van der Waals surface area contributed by atoms with Crippen LogP contribution in [0.3, 0.4) is 0 Å². The van der Waals surface area contributed by atoms with Gasteiger partial charge in [0.25, 0.3) is 0 Å². The lowest BCUT2D eigenvalue weighted by atomic mass is 10.3. The normalized spacial score (nSPS) is 14.9. The molecule has 2 atom stereocenters. The second-order valence-electron chi connectivity index (χ2n) is 4.06. The minimum absolute atomic E-state index is 0.0117. The van der Waals surface area contributed by atoms with Crippen molar-refractivity contribution in [1.82, 2.24) is 4.72 Å². The molecular formula is C11H18N2O4S2. The van der Waals surface area contributed by atoms with Gasteiger partial charge in [0, 0.05) is 34.9 Å². The molecular weight excluding hydrogens is 288 g/mol. The van der Waals surface area contributed by atoms with E-state index < -0.39 is 20.8 Å². The minimum atomic E-state index is -3.71. The predicted octanol–water partition coefficient (Wildman–Crippen LogP) is 0.323. The summed E-state index contributed by atoms with van der Waals surface area (Å²) in [7, 11) is -3.33. The van der Waals surface area contributed by atoms with E-state index in [0.29, 0.717) is 5.75 Å². The highest BCUT2D eigenvalue weighted by molar-refractivity contribution is 7.89. The standard InChI is InChI=1S/C11H18N2O4S2/c1-8(18(3)14)7-13-19(15,16)11-5-4-9(17-2)6-10(11)12/h4-6,8,13H,7,12H2,1-3H3. The van der Waals surface area contributed by atoms with Crippen LogP contribution in [0.5, 0.6) is 5.75 Å². The van der Waals surface area contributed by atoms with E-state index in [1.165, 1.54) is 31.6 Å². The molecule has 108 valence electrons. The van der Waals surface area contributed by atoms with Crippen molar-refractivity contribution in [3.05, 3.63) is 18.2 Å². The smallest absolute Gasteiger partial charge is 0.242 e. The van der Waals surface area contributed by atoms with Crippen molar-refractivity contribution < 1.29 is 17.4 Å². The van der Waals surface area contributed by atoms with Gasteiger partial charge in [-0.05, 0) is 19.1 Å². The van der Waals surface area contributed by atoms with Gasteiger partial charge in [-0.25, -0.2) is 13.1 Å². The van der Waals surface area contributed by atoms with Gasteiger partial charge in [0.05, 0.1) is 12.8 Å². The van der Waals surface area contributed by atoms with Gasteiger partial charge in [0.2, 0.25) is 10.0 Å². The molecule has 0 heterocycles. The molecule has 8 heteroatoms. The Morgan fingerprint density at radius 2 is 2.11 bits per heavy atom. The van der Waals surface area contributed by atoms with Crippen molar-refractivity contribution in [1.29, 1.82) is 0 Å². The summed E-state index contributed by atoms with van der Waals surface area (Å²) in [6, 6.07) is 4.34. The Bertz CT molecular complexity index is 572. The number of ether oxygens (including phenoxy) is 1. The lowest BCUT2D eigenvalue weighted by Crippen LogP contribution is -2.33. The highest BCUT2D eigenvalue weighted by Gasteiger charge is 2.19. The fourth-order valence-electron chi connectivity index (χ4n) is 1.32. The van der Waals surface area contributed by atoms with E-state index in [4.69, 9.17) is 10.5 Å². The Labute approximate surface area is 115 Å². The molecule has 0 aliphatic rings. The van der Waals surface area contributed by atoms with Crippen molar-refractivity contribution >= 4 is 26.5 Å². The lowest BCUT2D eigenvalue weighted by molar-refractivity contribution is 0.414. The van der Waals surface area contributed by atoms with Crippen molar-refractivity contribution in [3.63, 3.8) is 0 Å². The minimum Gasteiger partial charge on any atom is -0.497 e. The third kappa shape index (κ3) is 4.19. The first-order valence-corrected chi connectivity index (χ1v) is 8.63. The Balaban J connectivity index is 2.92. The number of nitrogen functional groups attached to an aromatic ring is 1. The highest BCUT2D eigenvalue weighted by atomic mass is 32.2. The summed E-state index contributed by atoms with van der Waals surface area (Å²) < 4.78 is 42.6. The van der Waals surface area contributed by atoms with E-state index in [9.17, 15) is 12.6 Å². The molecule has 0 radical (unpaired) electrons. The second kappa shape index (κ2) is 6.36. The molecule has 3 N–H and O–H groups in total. The first-order valence-electron chi connectivity index (χ1n) is 5.53. The summed E-state index contributed by atoms with van der Waals surface area (Å²) in [4.78, 5) is -0.0117. The van der Waals surface area contributed by atoms with Crippen molar-refractivity contribution in [2.24, 2.45) is 0 Å². The van der Waals surface area contributed by atoms with Crippen LogP contribution in [-0.2, 0) is 20.8 Å². The summed E-state index contributed by atoms with van der Waals surface area (Å²) in [5, 5.41) is -0.269. The average Bonchev–Trinajstić information content (AvgIpc) is 2.35. The number of hydrogen-bond donors (Lipinski definition) is 2. The fourth-order valence-corrected chi connectivity index (χ4v) is 2.99. The maximum atomic E-state index is 12.0. The van der Waals surface area contributed by atoms with Crippen LogP contribution >= 0.6 is 0 Å². The highest BCUT2D eigenvalue weighted by Crippen LogP contribution is 2.23. The summed E-state index contributed by atoms with van der Waals surface area (Å²) >= 11 is 0. The molecule has 0 aliphatic carbocycles. The van der Waals surface area contributed by atoms with Gasteiger partial charge in [0.15, 0.2) is 0 Å². The molecule has 0 saturated heterocycles. The molecule has 19 heavy (non-hydrogen) atoms. The summed E-state index contributed by atoms with van der Waals surface area (Å²) in [6.07, 6.45) is 1.53. The number of sulfonamides is 1. The first kappa shape index (κ1) is 15.9. The Hall–Kier alpha value is -1.12. The Morgan fingerprint density at radius 3 is 2.58 bits per heavy atom. The zero-order valence-corrected chi connectivity index (χ0v) is 12.7. The third-order valence-electron chi connectivity index (χ3n) is 2.63. The van der Waals surface area contributed by atoms with E-state index in [2.05, 4.69) is 4.72 Å². The number of hydrogen-bond acceptors (Lipinski definition) is 5. The van der Waals surface area contributed by atoms with Crippen LogP contribution in [0.4, 0.5) is 5.69 Å². The van der Waals surface area contributed by atoms with Crippen LogP contribution in [0, 0.1) is 0 Å². The van der Waals surface area contributed by atoms with E-state index >= 15 is 0 Å². The average molecular weight is 306 g/mol. The second-order valence-corrected chi connectivity index (χ2v) is 7.60. The zero-order valence-electron chi connectivity index (χ0n) is 11.0. The molecule has 0 spiro atoms. The van der Waals surface area contributed by atoms with Crippen LogP contribution in [0.15, 0.2) is 23.1 Å². The molecule has 2 unspecified atom stereocenters. The number of rotatable bonds is 6. The topological polar surface area (TPSA) is 98.5 Å². The van der Waals surface area contributed by atoms with Gasteiger partial charge in [0.1, 0.15) is 10.6 Å². The van der Waals surface area contributed by atoms with Gasteiger partial charge in [-0.2, -0.15) is 0 Å². The van der Waals surface area contributed by atoms with E-state index in [1.54, 1.807) is 6.92 Å². The third-order valence-corrected chi connectivity index (χ3v) is 5.43. The van der Waals surface area contributed by atoms with Gasteiger partial charge in [-0.3, -0.25) is 4.21 Å². The Kier molecular flexibility index (Phi) is 5.33. The molecule has 0 bridgehead atoms. The molecule has 1 rings (SSSR count). The molecule has 0 amide bonds. The van der Waals surface area contributed by atoms with E-state index in [0.717, 1.165) is 0 Å². The number of benzene rings is 1. The quantitative estimate of drug-likeness (QED) is 0.738. The number of methoxy groups -OCH3 is 1. The summed E-state index contributed by atoms with van der Waals surface area (Å²) in [5.74, 6) is 0.486. The number of anilines is 1. The van der Waals surface area contributed by atoms with Crippen LogP contribution < -0.4 is 15.2 Å². The predicted molar refractivity (Wildman–Crippen MR) is 76.1 cm³/mol. The zero-order chi connectivity index (χ0) is 14.6. The lowest BCUT2D eigenvalue weighted by Gasteiger charge is -2.12. The molecule has 1 aromatic rings. The molecule has 0 aliphatic heterocycles. The van der Waals surface area contributed by atoms with Crippen LogP contribution in [0.1, 0.15) is 6.92 Å². The van der Waals surface area contributed by atoms with Crippen molar-refractivity contribution in [2.45, 2.75) is 17.1 Å². The molecule has 0 aromatic heterocycles. The Morgan fingerprint density at radius 1 is 1.47 bits per heavy atom. The largest absolute Gasteiger partial charge is 0.497 e. The van der Waals surface area contributed by atoms with Crippen LogP contribution in [0.2, 0.25) is 0 Å². The van der Waals surface area contributed by atoms with E-state index in [-0.39, 0.29) is 22.4 Å². The fraction of sp³-hybridized carbons (Fsp3) is 0.455. The molecule has 0 fully saturated rings. The van der Waals surface area contributed by atoms with Crippen LogP contribution in [0.25, 0.3) is 0 Å². The SMILES string of the molecule is COc1ccc(S(=O)(=O)NCC(C)S(C)=O)c(N)c1. The maximum Gasteiger partial charge on any atom is 0.242 e. The van der Waals surface area contributed by atoms with Crippen molar-refractivity contribution in [2.75, 3.05) is 25.6 Å². The van der Waals surface area contributed by atoms with Gasteiger partial charge >= 0.3 is 0 Å². The van der Waals surface area contributed by atoms with E-state index in [1.807, 2.05) is 0 Å². The van der Waals surface area contributed by atoms with Crippen LogP contribution in [-0.4, -0.2) is 37.8 Å². The first-order chi connectivity index (χ1) is 8.77.